The molecular formula is C9H11F3N2O. The molecule has 1 unspecified atom stereocenters. The lowest BCUT2D eigenvalue weighted by molar-refractivity contribution is 0.165. The van der Waals surface area contributed by atoms with Crippen LogP contribution in [0.25, 0.3) is 0 Å². The minimum Gasteiger partial charge on any atom is -0.383 e. The second-order valence-electron chi connectivity index (χ2n) is 2.94. The van der Waals surface area contributed by atoms with E-state index >= 15 is 0 Å². The molecule has 0 saturated heterocycles. The van der Waals surface area contributed by atoms with E-state index in [1.165, 1.54) is 7.11 Å². The van der Waals surface area contributed by atoms with Gasteiger partial charge in [-0.25, -0.2) is 13.2 Å². The standard InChI is InChI=1S/C9H11F3N2O/c1-15-4-7(14-13)5-2-3-6(10)9(12)8(5)11/h2-3,7,14H,4,13H2,1H3. The predicted molar refractivity (Wildman–Crippen MR) is 48.3 cm³/mol. The zero-order valence-electron chi connectivity index (χ0n) is 8.06. The molecule has 0 aliphatic rings. The van der Waals surface area contributed by atoms with Crippen LogP contribution in [0.3, 0.4) is 0 Å². The molecular weight excluding hydrogens is 209 g/mol. The van der Waals surface area contributed by atoms with Crippen LogP contribution >= 0.6 is 0 Å². The Kier molecular flexibility index (Phi) is 4.07. The van der Waals surface area contributed by atoms with Crippen LogP contribution in [0.5, 0.6) is 0 Å². The maximum Gasteiger partial charge on any atom is 0.194 e. The lowest BCUT2D eigenvalue weighted by Crippen LogP contribution is -2.32. The molecule has 0 saturated carbocycles. The molecule has 0 aliphatic carbocycles. The van der Waals surface area contributed by atoms with Gasteiger partial charge in [0.2, 0.25) is 0 Å². The number of hydrogen-bond acceptors (Lipinski definition) is 3. The normalized spacial score (nSPS) is 12.9. The predicted octanol–water partition coefficient (Wildman–Crippen LogP) is 1.25. The summed E-state index contributed by atoms with van der Waals surface area (Å²) in [7, 11) is 1.39. The largest absolute Gasteiger partial charge is 0.383 e. The van der Waals surface area contributed by atoms with Crippen LogP contribution < -0.4 is 11.3 Å². The average Bonchev–Trinajstić information content (AvgIpc) is 2.24. The Hall–Kier alpha value is -1.11. The number of methoxy groups -OCH3 is 1. The highest BCUT2D eigenvalue weighted by molar-refractivity contribution is 5.23. The van der Waals surface area contributed by atoms with Gasteiger partial charge < -0.3 is 4.74 Å². The summed E-state index contributed by atoms with van der Waals surface area (Å²) in [6.07, 6.45) is 0. The van der Waals surface area contributed by atoms with Gasteiger partial charge in [0.05, 0.1) is 12.6 Å². The molecule has 1 aromatic rings. The van der Waals surface area contributed by atoms with Crippen molar-refractivity contribution in [3.63, 3.8) is 0 Å². The minimum atomic E-state index is -1.51. The van der Waals surface area contributed by atoms with Crippen LogP contribution in [0.4, 0.5) is 13.2 Å². The Balaban J connectivity index is 3.07. The Morgan fingerprint density at radius 3 is 2.53 bits per heavy atom. The summed E-state index contributed by atoms with van der Waals surface area (Å²) in [5.74, 6) is 1.14. The molecule has 84 valence electrons. The summed E-state index contributed by atoms with van der Waals surface area (Å²) >= 11 is 0. The number of halogens is 3. The smallest absolute Gasteiger partial charge is 0.194 e. The van der Waals surface area contributed by atoms with E-state index in [0.29, 0.717) is 0 Å². The molecule has 3 nitrogen and oxygen atoms in total. The van der Waals surface area contributed by atoms with Gasteiger partial charge in [-0.1, -0.05) is 6.07 Å². The SMILES string of the molecule is COCC(NN)c1ccc(F)c(F)c1F. The van der Waals surface area contributed by atoms with Crippen LogP contribution in [0.2, 0.25) is 0 Å². The number of hydrazine groups is 1. The van der Waals surface area contributed by atoms with Crippen LogP contribution in [0.1, 0.15) is 11.6 Å². The van der Waals surface area contributed by atoms with E-state index in [1.54, 1.807) is 0 Å². The highest BCUT2D eigenvalue weighted by atomic mass is 19.2. The van der Waals surface area contributed by atoms with Crippen molar-refractivity contribution in [1.29, 1.82) is 0 Å². The zero-order valence-corrected chi connectivity index (χ0v) is 8.06. The first kappa shape index (κ1) is 12.0. The van der Waals surface area contributed by atoms with Gasteiger partial charge in [0, 0.05) is 12.7 Å². The second-order valence-corrected chi connectivity index (χ2v) is 2.94. The molecule has 0 bridgehead atoms. The van der Waals surface area contributed by atoms with Crippen molar-refractivity contribution < 1.29 is 17.9 Å². The third-order valence-electron chi connectivity index (χ3n) is 1.97. The van der Waals surface area contributed by atoms with Crippen molar-refractivity contribution in [3.05, 3.63) is 35.1 Å². The van der Waals surface area contributed by atoms with Gasteiger partial charge in [-0.05, 0) is 6.07 Å². The summed E-state index contributed by atoms with van der Waals surface area (Å²) in [4.78, 5) is 0. The van der Waals surface area contributed by atoms with Gasteiger partial charge in [0.25, 0.3) is 0 Å². The van der Waals surface area contributed by atoms with Crippen LogP contribution in [0, 0.1) is 17.5 Å². The zero-order chi connectivity index (χ0) is 11.4. The first-order chi connectivity index (χ1) is 7.11. The molecule has 0 amide bonds. The van der Waals surface area contributed by atoms with Crippen molar-refractivity contribution in [2.75, 3.05) is 13.7 Å². The van der Waals surface area contributed by atoms with Crippen molar-refractivity contribution >= 4 is 0 Å². The summed E-state index contributed by atoms with van der Waals surface area (Å²) in [5, 5.41) is 0. The summed E-state index contributed by atoms with van der Waals surface area (Å²) < 4.78 is 43.5. The van der Waals surface area contributed by atoms with Crippen molar-refractivity contribution in [2.45, 2.75) is 6.04 Å². The monoisotopic (exact) mass is 220 g/mol. The molecule has 1 aromatic carbocycles. The quantitative estimate of drug-likeness (QED) is 0.456. The molecule has 0 radical (unpaired) electrons. The number of benzene rings is 1. The van der Waals surface area contributed by atoms with Crippen LogP contribution in [-0.4, -0.2) is 13.7 Å². The van der Waals surface area contributed by atoms with Gasteiger partial charge in [-0.2, -0.15) is 0 Å². The molecule has 0 fully saturated rings. The third kappa shape index (κ3) is 2.47. The van der Waals surface area contributed by atoms with Gasteiger partial charge in [0.15, 0.2) is 17.5 Å². The average molecular weight is 220 g/mol. The molecule has 0 aromatic heterocycles. The minimum absolute atomic E-state index is 0.0541. The fourth-order valence-corrected chi connectivity index (χ4v) is 1.20. The number of ether oxygens (including phenoxy) is 1. The maximum atomic E-state index is 13.3. The van der Waals surface area contributed by atoms with E-state index in [0.717, 1.165) is 12.1 Å². The summed E-state index contributed by atoms with van der Waals surface area (Å²) in [5.41, 5.74) is 2.18. The number of nitrogens with one attached hydrogen (secondary N) is 1. The first-order valence-electron chi connectivity index (χ1n) is 4.20. The van der Waals surface area contributed by atoms with Crippen molar-refractivity contribution in [3.8, 4) is 0 Å². The van der Waals surface area contributed by atoms with Crippen molar-refractivity contribution in [1.82, 2.24) is 5.43 Å². The third-order valence-corrected chi connectivity index (χ3v) is 1.97. The number of rotatable bonds is 4. The van der Waals surface area contributed by atoms with E-state index in [9.17, 15) is 13.2 Å². The van der Waals surface area contributed by atoms with Gasteiger partial charge in [0.1, 0.15) is 0 Å². The van der Waals surface area contributed by atoms with E-state index in [2.05, 4.69) is 5.43 Å². The highest BCUT2D eigenvalue weighted by Gasteiger charge is 2.19. The van der Waals surface area contributed by atoms with Gasteiger partial charge in [-0.3, -0.25) is 11.3 Å². The van der Waals surface area contributed by atoms with Crippen LogP contribution in [0.15, 0.2) is 12.1 Å². The number of hydrogen-bond donors (Lipinski definition) is 2. The molecule has 15 heavy (non-hydrogen) atoms. The lowest BCUT2D eigenvalue weighted by Gasteiger charge is -2.16. The lowest BCUT2D eigenvalue weighted by atomic mass is 10.1. The Morgan fingerprint density at radius 2 is 2.00 bits per heavy atom. The molecule has 1 rings (SSSR count). The topological polar surface area (TPSA) is 47.3 Å². The maximum absolute atomic E-state index is 13.3. The molecule has 0 aliphatic heterocycles. The molecule has 0 heterocycles. The van der Waals surface area contributed by atoms with Gasteiger partial charge in [-0.15, -0.1) is 0 Å². The first-order valence-corrected chi connectivity index (χ1v) is 4.20. The van der Waals surface area contributed by atoms with Crippen molar-refractivity contribution in [2.24, 2.45) is 5.84 Å². The van der Waals surface area contributed by atoms with E-state index in [4.69, 9.17) is 10.6 Å². The molecule has 0 spiro atoms. The fourth-order valence-electron chi connectivity index (χ4n) is 1.20. The fraction of sp³-hybridized carbons (Fsp3) is 0.333. The van der Waals surface area contributed by atoms with E-state index in [1.807, 2.05) is 0 Å². The second kappa shape index (κ2) is 5.11. The Morgan fingerprint density at radius 1 is 1.33 bits per heavy atom. The van der Waals surface area contributed by atoms with E-state index in [-0.39, 0.29) is 12.2 Å². The number of nitrogens with two attached hydrogens (primary N) is 1. The Labute approximate surface area is 85.0 Å². The Bertz CT molecular complexity index is 346. The van der Waals surface area contributed by atoms with Gasteiger partial charge >= 0.3 is 0 Å². The molecule has 3 N–H and O–H groups in total. The van der Waals surface area contributed by atoms with Crippen LogP contribution in [-0.2, 0) is 4.74 Å². The summed E-state index contributed by atoms with van der Waals surface area (Å²) in [6.45, 7) is 0.0541. The summed E-state index contributed by atoms with van der Waals surface area (Å²) in [6, 6.07) is 1.25. The highest BCUT2D eigenvalue weighted by Crippen LogP contribution is 2.21. The molecule has 6 heteroatoms. The molecule has 1 atom stereocenters. The van der Waals surface area contributed by atoms with E-state index < -0.39 is 23.5 Å².